The summed E-state index contributed by atoms with van der Waals surface area (Å²) in [6, 6.07) is 9.94. The van der Waals surface area contributed by atoms with Crippen LogP contribution in [0.3, 0.4) is 0 Å². The molecule has 130 valence electrons. The van der Waals surface area contributed by atoms with Crippen molar-refractivity contribution in [1.82, 2.24) is 16.0 Å². The molecule has 6 nitrogen and oxygen atoms in total. The number of aliphatic imine (C=N–C) groups is 1. The number of nitrogens with one attached hydrogen (secondary N) is 3. The molecule has 1 heterocycles. The predicted molar refractivity (Wildman–Crippen MR) is 97.0 cm³/mol. The summed E-state index contributed by atoms with van der Waals surface area (Å²) in [7, 11) is 1.72. The van der Waals surface area contributed by atoms with Crippen LogP contribution in [0.2, 0.25) is 0 Å². The van der Waals surface area contributed by atoms with Gasteiger partial charge in [-0.25, -0.2) is 0 Å². The van der Waals surface area contributed by atoms with Crippen molar-refractivity contribution < 1.29 is 9.21 Å². The summed E-state index contributed by atoms with van der Waals surface area (Å²) in [5.74, 6) is 1.57. The monoisotopic (exact) mass is 330 g/mol. The quantitative estimate of drug-likeness (QED) is 0.432. The Morgan fingerprint density at radius 1 is 1.17 bits per heavy atom. The molecule has 0 aliphatic carbocycles. The second kappa shape index (κ2) is 8.38. The number of rotatable bonds is 6. The van der Waals surface area contributed by atoms with Gasteiger partial charge in [-0.3, -0.25) is 9.79 Å². The average Bonchev–Trinajstić information content (AvgIpc) is 3.01. The number of hydrogen-bond acceptors (Lipinski definition) is 3. The Bertz CT molecular complexity index is 673. The molecule has 0 saturated heterocycles. The molecule has 1 unspecified atom stereocenters. The van der Waals surface area contributed by atoms with E-state index in [0.29, 0.717) is 19.0 Å². The lowest BCUT2D eigenvalue weighted by atomic mass is 10.2. The zero-order valence-corrected chi connectivity index (χ0v) is 14.7. The lowest BCUT2D eigenvalue weighted by molar-refractivity contribution is -0.123. The van der Waals surface area contributed by atoms with E-state index in [2.05, 4.69) is 20.9 Å². The third-order valence-electron chi connectivity index (χ3n) is 3.69. The van der Waals surface area contributed by atoms with Crippen LogP contribution in [0.25, 0.3) is 11.0 Å². The maximum atomic E-state index is 11.5. The van der Waals surface area contributed by atoms with Crippen molar-refractivity contribution in [1.29, 1.82) is 0 Å². The Morgan fingerprint density at radius 3 is 2.54 bits per heavy atom. The van der Waals surface area contributed by atoms with E-state index < -0.39 is 0 Å². The molecule has 1 atom stereocenters. The second-order valence-corrected chi connectivity index (χ2v) is 6.00. The fourth-order valence-corrected chi connectivity index (χ4v) is 2.26. The molecule has 1 aromatic carbocycles. The van der Waals surface area contributed by atoms with Crippen LogP contribution in [-0.4, -0.2) is 32.0 Å². The maximum absolute atomic E-state index is 11.5. The zero-order chi connectivity index (χ0) is 17.5. The number of carbonyl (C=O) groups is 1. The van der Waals surface area contributed by atoms with Gasteiger partial charge in [0.15, 0.2) is 5.96 Å². The van der Waals surface area contributed by atoms with Crippen LogP contribution in [0.4, 0.5) is 0 Å². The van der Waals surface area contributed by atoms with Crippen molar-refractivity contribution in [2.75, 3.05) is 20.1 Å². The minimum atomic E-state index is -0.0196. The molecule has 24 heavy (non-hydrogen) atoms. The fraction of sp³-hybridized carbons (Fsp3) is 0.444. The van der Waals surface area contributed by atoms with Crippen LogP contribution in [0.5, 0.6) is 0 Å². The summed E-state index contributed by atoms with van der Waals surface area (Å²) in [4.78, 5) is 15.7. The van der Waals surface area contributed by atoms with Gasteiger partial charge in [0.25, 0.3) is 0 Å². The van der Waals surface area contributed by atoms with Crippen LogP contribution in [0.1, 0.15) is 32.6 Å². The zero-order valence-electron chi connectivity index (χ0n) is 14.7. The molecular weight excluding hydrogens is 304 g/mol. The van der Waals surface area contributed by atoms with Crippen molar-refractivity contribution in [3.05, 3.63) is 36.1 Å². The summed E-state index contributed by atoms with van der Waals surface area (Å²) in [6.07, 6.45) is 0. The number of amides is 1. The van der Waals surface area contributed by atoms with Gasteiger partial charge in [0.1, 0.15) is 11.3 Å². The second-order valence-electron chi connectivity index (χ2n) is 6.00. The first kappa shape index (κ1) is 17.8. The topological polar surface area (TPSA) is 78.7 Å². The largest absolute Gasteiger partial charge is 0.459 e. The summed E-state index contributed by atoms with van der Waals surface area (Å²) in [5.41, 5.74) is 0.875. The van der Waals surface area contributed by atoms with E-state index >= 15 is 0 Å². The number of para-hydroxylation sites is 1. The lowest BCUT2D eigenvalue weighted by Gasteiger charge is -2.16. The molecule has 0 saturated carbocycles. The number of fused-ring (bicyclic) bond motifs is 1. The molecular formula is C18H26N4O2. The Hall–Kier alpha value is -2.50. The third kappa shape index (κ3) is 4.75. The predicted octanol–water partition coefficient (Wildman–Crippen LogP) is 2.43. The van der Waals surface area contributed by atoms with E-state index in [-0.39, 0.29) is 17.9 Å². The van der Waals surface area contributed by atoms with E-state index in [0.717, 1.165) is 16.7 Å². The number of furan rings is 1. The molecule has 1 amide bonds. The van der Waals surface area contributed by atoms with Gasteiger partial charge in [0.05, 0.1) is 6.04 Å². The minimum absolute atomic E-state index is 0.00413. The van der Waals surface area contributed by atoms with Gasteiger partial charge in [-0.1, -0.05) is 32.0 Å². The first-order chi connectivity index (χ1) is 11.5. The van der Waals surface area contributed by atoms with Crippen molar-refractivity contribution >= 4 is 22.8 Å². The van der Waals surface area contributed by atoms with Crippen LogP contribution < -0.4 is 16.0 Å². The van der Waals surface area contributed by atoms with E-state index in [1.807, 2.05) is 51.1 Å². The molecule has 0 fully saturated rings. The SMILES string of the molecule is CN=C(NCCNC(=O)C(C)C)NC(C)c1cc2ccccc2o1. The number of hydrogen-bond donors (Lipinski definition) is 3. The summed E-state index contributed by atoms with van der Waals surface area (Å²) < 4.78 is 5.86. The molecule has 0 bridgehead atoms. The number of carbonyl (C=O) groups excluding carboxylic acids is 1. The molecule has 1 aromatic heterocycles. The standard InChI is InChI=1S/C18H26N4O2/c1-12(2)17(23)20-9-10-21-18(19-4)22-13(3)16-11-14-7-5-6-8-15(14)24-16/h5-8,11-13H,9-10H2,1-4H3,(H,20,23)(H2,19,21,22). The molecule has 0 aliphatic rings. The van der Waals surface area contributed by atoms with Crippen LogP contribution in [-0.2, 0) is 4.79 Å². The van der Waals surface area contributed by atoms with E-state index in [4.69, 9.17) is 4.42 Å². The van der Waals surface area contributed by atoms with Gasteiger partial charge < -0.3 is 20.4 Å². The lowest BCUT2D eigenvalue weighted by Crippen LogP contribution is -2.42. The minimum Gasteiger partial charge on any atom is -0.459 e. The van der Waals surface area contributed by atoms with Crippen molar-refractivity contribution in [3.63, 3.8) is 0 Å². The number of nitrogens with zero attached hydrogens (tertiary/aromatic N) is 1. The van der Waals surface area contributed by atoms with E-state index in [1.54, 1.807) is 7.05 Å². The molecule has 6 heteroatoms. The fourth-order valence-electron chi connectivity index (χ4n) is 2.26. The van der Waals surface area contributed by atoms with E-state index in [9.17, 15) is 4.79 Å². The summed E-state index contributed by atoms with van der Waals surface area (Å²) >= 11 is 0. The Morgan fingerprint density at radius 2 is 1.88 bits per heavy atom. The molecule has 3 N–H and O–H groups in total. The molecule has 2 aromatic rings. The van der Waals surface area contributed by atoms with Crippen LogP contribution in [0.15, 0.2) is 39.7 Å². The normalized spacial score (nSPS) is 13.1. The first-order valence-corrected chi connectivity index (χ1v) is 8.24. The molecule has 0 aliphatic heterocycles. The van der Waals surface area contributed by atoms with Gasteiger partial charge in [-0.15, -0.1) is 0 Å². The summed E-state index contributed by atoms with van der Waals surface area (Å²) in [6.45, 7) is 6.92. The van der Waals surface area contributed by atoms with E-state index in [1.165, 1.54) is 0 Å². The highest BCUT2D eigenvalue weighted by atomic mass is 16.3. The highest BCUT2D eigenvalue weighted by molar-refractivity contribution is 5.81. The van der Waals surface area contributed by atoms with Crippen molar-refractivity contribution in [3.8, 4) is 0 Å². The van der Waals surface area contributed by atoms with Crippen LogP contribution >= 0.6 is 0 Å². The van der Waals surface area contributed by atoms with Crippen LogP contribution in [0, 0.1) is 5.92 Å². The van der Waals surface area contributed by atoms with Gasteiger partial charge in [0, 0.05) is 31.4 Å². The molecule has 0 radical (unpaired) electrons. The summed E-state index contributed by atoms with van der Waals surface area (Å²) in [5, 5.41) is 10.4. The average molecular weight is 330 g/mol. The number of benzene rings is 1. The van der Waals surface area contributed by atoms with Gasteiger partial charge in [-0.2, -0.15) is 0 Å². The molecule has 0 spiro atoms. The van der Waals surface area contributed by atoms with Gasteiger partial charge in [0.2, 0.25) is 5.91 Å². The highest BCUT2D eigenvalue weighted by Gasteiger charge is 2.13. The maximum Gasteiger partial charge on any atom is 0.222 e. The Balaban J connectivity index is 1.84. The third-order valence-corrected chi connectivity index (χ3v) is 3.69. The first-order valence-electron chi connectivity index (χ1n) is 8.24. The highest BCUT2D eigenvalue weighted by Crippen LogP contribution is 2.23. The van der Waals surface area contributed by atoms with Crippen molar-refractivity contribution in [2.24, 2.45) is 10.9 Å². The van der Waals surface area contributed by atoms with Crippen molar-refractivity contribution in [2.45, 2.75) is 26.8 Å². The molecule has 2 rings (SSSR count). The Labute approximate surface area is 142 Å². The van der Waals surface area contributed by atoms with Gasteiger partial charge in [-0.05, 0) is 19.1 Å². The van der Waals surface area contributed by atoms with Gasteiger partial charge >= 0.3 is 0 Å². The number of guanidine groups is 1. The Kier molecular flexibility index (Phi) is 6.23. The smallest absolute Gasteiger partial charge is 0.222 e.